The summed E-state index contributed by atoms with van der Waals surface area (Å²) in [6.45, 7) is 9.72. The van der Waals surface area contributed by atoms with Gasteiger partial charge in [0, 0.05) is 19.2 Å². The van der Waals surface area contributed by atoms with E-state index in [4.69, 9.17) is 0 Å². The third kappa shape index (κ3) is 4.39. The van der Waals surface area contributed by atoms with Crippen molar-refractivity contribution in [1.82, 2.24) is 4.98 Å². The Morgan fingerprint density at radius 3 is 2.53 bits per heavy atom. The van der Waals surface area contributed by atoms with Gasteiger partial charge in [-0.3, -0.25) is 10.1 Å². The van der Waals surface area contributed by atoms with Crippen molar-refractivity contribution in [3.05, 3.63) is 22.2 Å². The van der Waals surface area contributed by atoms with Gasteiger partial charge < -0.3 is 10.6 Å². The molecule has 0 bridgehead atoms. The summed E-state index contributed by atoms with van der Waals surface area (Å²) >= 11 is 0. The summed E-state index contributed by atoms with van der Waals surface area (Å²) < 4.78 is 0. The van der Waals surface area contributed by atoms with Crippen molar-refractivity contribution in [2.45, 2.75) is 27.7 Å². The molecule has 0 aliphatic carbocycles. The Labute approximate surface area is 113 Å². The van der Waals surface area contributed by atoms with Crippen LogP contribution in [0.15, 0.2) is 12.1 Å². The van der Waals surface area contributed by atoms with Crippen molar-refractivity contribution in [1.29, 1.82) is 0 Å². The maximum absolute atomic E-state index is 11.0. The van der Waals surface area contributed by atoms with E-state index >= 15 is 0 Å². The summed E-state index contributed by atoms with van der Waals surface area (Å²) in [7, 11) is 0. The van der Waals surface area contributed by atoms with Crippen LogP contribution >= 0.6 is 0 Å². The molecule has 0 aromatic carbocycles. The van der Waals surface area contributed by atoms with Gasteiger partial charge in [-0.1, -0.05) is 20.8 Å². The van der Waals surface area contributed by atoms with Gasteiger partial charge in [0.2, 0.25) is 5.82 Å². The van der Waals surface area contributed by atoms with E-state index in [-0.39, 0.29) is 5.69 Å². The van der Waals surface area contributed by atoms with Gasteiger partial charge in [-0.25, -0.2) is 4.98 Å². The van der Waals surface area contributed by atoms with Gasteiger partial charge >= 0.3 is 5.69 Å². The number of aromatic nitrogens is 1. The van der Waals surface area contributed by atoms with E-state index in [1.807, 2.05) is 6.92 Å². The van der Waals surface area contributed by atoms with Gasteiger partial charge in [0.1, 0.15) is 5.82 Å². The quantitative estimate of drug-likeness (QED) is 0.585. The minimum Gasteiger partial charge on any atom is -0.370 e. The van der Waals surface area contributed by atoms with E-state index in [2.05, 4.69) is 36.4 Å². The van der Waals surface area contributed by atoms with E-state index in [0.29, 0.717) is 30.0 Å². The van der Waals surface area contributed by atoms with E-state index in [9.17, 15) is 10.1 Å². The Hall–Kier alpha value is -1.85. The van der Waals surface area contributed by atoms with Gasteiger partial charge in [-0.05, 0) is 24.8 Å². The summed E-state index contributed by atoms with van der Waals surface area (Å²) in [5.74, 6) is 1.91. The lowest BCUT2D eigenvalue weighted by molar-refractivity contribution is -0.384. The van der Waals surface area contributed by atoms with Gasteiger partial charge in [0.25, 0.3) is 0 Å². The third-order valence-corrected chi connectivity index (χ3v) is 3.16. The Bertz CT molecular complexity index is 435. The molecule has 1 atom stereocenters. The van der Waals surface area contributed by atoms with Crippen molar-refractivity contribution in [3.63, 3.8) is 0 Å². The van der Waals surface area contributed by atoms with Crippen LogP contribution in [-0.2, 0) is 0 Å². The fourth-order valence-corrected chi connectivity index (χ4v) is 1.50. The minimum atomic E-state index is -0.412. The van der Waals surface area contributed by atoms with Gasteiger partial charge in [-0.15, -0.1) is 0 Å². The van der Waals surface area contributed by atoms with Gasteiger partial charge in [0.05, 0.1) is 4.92 Å². The second-order valence-electron chi connectivity index (χ2n) is 4.95. The summed E-state index contributed by atoms with van der Waals surface area (Å²) in [6, 6.07) is 3.10. The van der Waals surface area contributed by atoms with Crippen LogP contribution in [0.2, 0.25) is 0 Å². The molecule has 0 aliphatic rings. The highest BCUT2D eigenvalue weighted by molar-refractivity contribution is 5.60. The van der Waals surface area contributed by atoms with Crippen molar-refractivity contribution in [3.8, 4) is 0 Å². The standard InChI is InChI=1S/C13H22N4O2/c1-5-14-12-7-6-11(17(18)19)13(16-12)15-8-10(4)9(2)3/h6-7,9-10H,5,8H2,1-4H3,(H2,14,15,16). The normalized spacial score (nSPS) is 12.3. The number of rotatable bonds is 7. The second-order valence-corrected chi connectivity index (χ2v) is 4.95. The molecule has 1 rings (SSSR count). The smallest absolute Gasteiger partial charge is 0.311 e. The first kappa shape index (κ1) is 15.2. The zero-order chi connectivity index (χ0) is 14.4. The number of hydrogen-bond donors (Lipinski definition) is 2. The molecular formula is C13H22N4O2. The first-order valence-electron chi connectivity index (χ1n) is 6.58. The summed E-state index contributed by atoms with van der Waals surface area (Å²) in [5.41, 5.74) is 0.0117. The van der Waals surface area contributed by atoms with E-state index in [1.165, 1.54) is 6.07 Å². The molecule has 0 aliphatic heterocycles. The van der Waals surface area contributed by atoms with Crippen molar-refractivity contribution in [2.24, 2.45) is 11.8 Å². The molecule has 6 nitrogen and oxygen atoms in total. The van der Waals surface area contributed by atoms with E-state index < -0.39 is 4.92 Å². The number of nitro groups is 1. The lowest BCUT2D eigenvalue weighted by atomic mass is 9.98. The number of hydrogen-bond acceptors (Lipinski definition) is 5. The van der Waals surface area contributed by atoms with Crippen LogP contribution in [0.5, 0.6) is 0 Å². The second kappa shape index (κ2) is 6.92. The summed E-state index contributed by atoms with van der Waals surface area (Å²) in [5, 5.41) is 17.1. The zero-order valence-electron chi connectivity index (χ0n) is 11.9. The zero-order valence-corrected chi connectivity index (χ0v) is 11.9. The lowest BCUT2D eigenvalue weighted by Gasteiger charge is -2.16. The molecule has 19 heavy (non-hydrogen) atoms. The molecule has 2 N–H and O–H groups in total. The SMILES string of the molecule is CCNc1ccc([N+](=O)[O-])c(NCC(C)C(C)C)n1. The topological polar surface area (TPSA) is 80.1 Å². The average molecular weight is 266 g/mol. The molecule has 0 radical (unpaired) electrons. The maximum atomic E-state index is 11.0. The Morgan fingerprint density at radius 1 is 1.32 bits per heavy atom. The van der Waals surface area contributed by atoms with E-state index in [1.54, 1.807) is 6.07 Å². The number of anilines is 2. The Morgan fingerprint density at radius 2 is 2.00 bits per heavy atom. The highest BCUT2D eigenvalue weighted by Gasteiger charge is 2.17. The van der Waals surface area contributed by atoms with Crippen LogP contribution in [0.4, 0.5) is 17.3 Å². The molecule has 1 aromatic rings. The first-order chi connectivity index (χ1) is 8.95. The van der Waals surface area contributed by atoms with Crippen molar-refractivity contribution in [2.75, 3.05) is 23.7 Å². The summed E-state index contributed by atoms with van der Waals surface area (Å²) in [6.07, 6.45) is 0. The largest absolute Gasteiger partial charge is 0.370 e. The lowest BCUT2D eigenvalue weighted by Crippen LogP contribution is -2.18. The van der Waals surface area contributed by atoms with Crippen LogP contribution in [-0.4, -0.2) is 23.0 Å². The predicted molar refractivity (Wildman–Crippen MR) is 77.5 cm³/mol. The maximum Gasteiger partial charge on any atom is 0.311 e. The molecule has 0 fully saturated rings. The molecule has 1 heterocycles. The molecular weight excluding hydrogens is 244 g/mol. The molecule has 0 amide bonds. The third-order valence-electron chi connectivity index (χ3n) is 3.16. The highest BCUT2D eigenvalue weighted by atomic mass is 16.6. The summed E-state index contributed by atoms with van der Waals surface area (Å²) in [4.78, 5) is 14.8. The van der Waals surface area contributed by atoms with Crippen LogP contribution in [0.3, 0.4) is 0 Å². The Balaban J connectivity index is 2.88. The van der Waals surface area contributed by atoms with Gasteiger partial charge in [-0.2, -0.15) is 0 Å². The fourth-order valence-electron chi connectivity index (χ4n) is 1.50. The predicted octanol–water partition coefficient (Wildman–Crippen LogP) is 3.13. The molecule has 0 saturated carbocycles. The highest BCUT2D eigenvalue weighted by Crippen LogP contribution is 2.24. The fraction of sp³-hybridized carbons (Fsp3) is 0.615. The van der Waals surface area contributed by atoms with Crippen LogP contribution in [0.25, 0.3) is 0 Å². The van der Waals surface area contributed by atoms with Crippen LogP contribution in [0.1, 0.15) is 27.7 Å². The van der Waals surface area contributed by atoms with Crippen molar-refractivity contribution < 1.29 is 4.92 Å². The molecule has 0 saturated heterocycles. The van der Waals surface area contributed by atoms with Crippen LogP contribution < -0.4 is 10.6 Å². The Kier molecular flexibility index (Phi) is 5.54. The number of nitrogens with zero attached hydrogens (tertiary/aromatic N) is 2. The minimum absolute atomic E-state index is 0.0117. The number of pyridine rings is 1. The van der Waals surface area contributed by atoms with Crippen LogP contribution in [0, 0.1) is 22.0 Å². The molecule has 1 aromatic heterocycles. The van der Waals surface area contributed by atoms with Gasteiger partial charge in [0.15, 0.2) is 0 Å². The first-order valence-corrected chi connectivity index (χ1v) is 6.58. The average Bonchev–Trinajstić information content (AvgIpc) is 2.36. The molecule has 1 unspecified atom stereocenters. The monoisotopic (exact) mass is 266 g/mol. The molecule has 0 spiro atoms. The number of nitrogens with one attached hydrogen (secondary N) is 2. The molecule has 6 heteroatoms. The van der Waals surface area contributed by atoms with Crippen molar-refractivity contribution >= 4 is 17.3 Å². The molecule has 106 valence electrons. The van der Waals surface area contributed by atoms with E-state index in [0.717, 1.165) is 6.54 Å².